The molecule has 128 valence electrons. The summed E-state index contributed by atoms with van der Waals surface area (Å²) in [5.41, 5.74) is 0.801. The predicted octanol–water partition coefficient (Wildman–Crippen LogP) is 3.99. The fraction of sp³-hybridized carbons (Fsp3) is 0.533. The van der Waals surface area contributed by atoms with Crippen molar-refractivity contribution in [2.75, 3.05) is 18.4 Å². The van der Waals surface area contributed by atoms with E-state index in [4.69, 9.17) is 4.74 Å². The molecule has 1 aromatic rings. The number of carbonyl (C=O) groups excluding carboxylic acids is 1. The van der Waals surface area contributed by atoms with Crippen LogP contribution in [0.1, 0.15) is 32.8 Å². The van der Waals surface area contributed by atoms with Gasteiger partial charge in [0.05, 0.1) is 10.6 Å². The van der Waals surface area contributed by atoms with E-state index in [1.807, 2.05) is 0 Å². The number of hydrogen-bond acceptors (Lipinski definition) is 5. The monoisotopic (exact) mass is 387 g/mol. The summed E-state index contributed by atoms with van der Waals surface area (Å²) in [5, 5.41) is 16.7. The lowest BCUT2D eigenvalue weighted by atomic mass is 10.2. The maximum atomic E-state index is 11.5. The Morgan fingerprint density at radius 2 is 2.00 bits per heavy atom. The Kier molecular flexibility index (Phi) is 6.80. The van der Waals surface area contributed by atoms with Crippen LogP contribution in [0, 0.1) is 17.0 Å². The number of anilines is 1. The van der Waals surface area contributed by atoms with Crippen LogP contribution in [-0.4, -0.2) is 29.7 Å². The van der Waals surface area contributed by atoms with Gasteiger partial charge in [0.15, 0.2) is 0 Å². The third-order valence-corrected chi connectivity index (χ3v) is 3.48. The summed E-state index contributed by atoms with van der Waals surface area (Å²) < 4.78 is 5.89. The lowest BCUT2D eigenvalue weighted by molar-refractivity contribution is -0.385. The summed E-state index contributed by atoms with van der Waals surface area (Å²) in [6.07, 6.45) is 0.206. The number of nitrogens with one attached hydrogen (secondary N) is 2. The van der Waals surface area contributed by atoms with Gasteiger partial charge in [-0.05, 0) is 56.1 Å². The van der Waals surface area contributed by atoms with E-state index in [1.165, 1.54) is 6.07 Å². The Hall–Kier alpha value is -1.83. The van der Waals surface area contributed by atoms with Gasteiger partial charge >= 0.3 is 6.09 Å². The standard InChI is InChI=1S/C15H22BrN3O4/c1-10-8-11(16)12(9-13(10)19(21)22)17-6-5-7-18-14(20)23-15(2,3)4/h8-9,17H,5-7H2,1-4H3,(H,18,20). The normalized spacial score (nSPS) is 11.0. The third-order valence-electron chi connectivity index (χ3n) is 2.82. The minimum absolute atomic E-state index is 0.0718. The zero-order valence-electron chi connectivity index (χ0n) is 13.7. The first-order valence-electron chi connectivity index (χ1n) is 7.25. The molecule has 0 radical (unpaired) electrons. The van der Waals surface area contributed by atoms with Gasteiger partial charge in [-0.1, -0.05) is 0 Å². The Morgan fingerprint density at radius 3 is 2.57 bits per heavy atom. The maximum absolute atomic E-state index is 11.5. The summed E-state index contributed by atoms with van der Waals surface area (Å²) in [5.74, 6) is 0. The number of hydrogen-bond donors (Lipinski definition) is 2. The number of nitrogens with zero attached hydrogens (tertiary/aromatic N) is 1. The van der Waals surface area contributed by atoms with Crippen LogP contribution in [0.5, 0.6) is 0 Å². The molecule has 1 aromatic carbocycles. The van der Waals surface area contributed by atoms with Crippen molar-refractivity contribution in [3.63, 3.8) is 0 Å². The van der Waals surface area contributed by atoms with E-state index in [1.54, 1.807) is 33.8 Å². The molecule has 0 aliphatic carbocycles. The number of nitro benzene ring substituents is 1. The molecular weight excluding hydrogens is 366 g/mol. The molecule has 0 bridgehead atoms. The van der Waals surface area contributed by atoms with Crippen molar-refractivity contribution in [2.45, 2.75) is 39.7 Å². The summed E-state index contributed by atoms with van der Waals surface area (Å²) in [6, 6.07) is 3.21. The summed E-state index contributed by atoms with van der Waals surface area (Å²) in [4.78, 5) is 22.0. The molecule has 0 atom stereocenters. The lowest BCUT2D eigenvalue weighted by Crippen LogP contribution is -2.33. The highest BCUT2D eigenvalue weighted by Gasteiger charge is 2.16. The predicted molar refractivity (Wildman–Crippen MR) is 92.9 cm³/mol. The number of amides is 1. The van der Waals surface area contributed by atoms with E-state index in [-0.39, 0.29) is 5.69 Å². The smallest absolute Gasteiger partial charge is 0.407 e. The molecule has 23 heavy (non-hydrogen) atoms. The van der Waals surface area contributed by atoms with Crippen molar-refractivity contribution in [3.05, 3.63) is 32.3 Å². The summed E-state index contributed by atoms with van der Waals surface area (Å²) in [7, 11) is 0. The number of ether oxygens (including phenoxy) is 1. The number of rotatable bonds is 6. The van der Waals surface area contributed by atoms with E-state index in [2.05, 4.69) is 26.6 Å². The Bertz CT molecular complexity index is 585. The van der Waals surface area contributed by atoms with Gasteiger partial charge in [-0.2, -0.15) is 0 Å². The quantitative estimate of drug-likeness (QED) is 0.437. The topological polar surface area (TPSA) is 93.5 Å². The number of aryl methyl sites for hydroxylation is 1. The van der Waals surface area contributed by atoms with Gasteiger partial charge in [0.1, 0.15) is 5.60 Å². The number of carbonyl (C=O) groups is 1. The lowest BCUT2D eigenvalue weighted by Gasteiger charge is -2.19. The molecule has 0 aliphatic rings. The zero-order chi connectivity index (χ0) is 17.6. The van der Waals surface area contributed by atoms with Crippen LogP contribution in [0.2, 0.25) is 0 Å². The van der Waals surface area contributed by atoms with Gasteiger partial charge < -0.3 is 15.4 Å². The molecular formula is C15H22BrN3O4. The first-order valence-corrected chi connectivity index (χ1v) is 8.04. The van der Waals surface area contributed by atoms with Crippen LogP contribution in [-0.2, 0) is 4.74 Å². The van der Waals surface area contributed by atoms with Gasteiger partial charge in [-0.25, -0.2) is 4.79 Å². The van der Waals surface area contributed by atoms with Crippen LogP contribution >= 0.6 is 15.9 Å². The van der Waals surface area contributed by atoms with Crippen molar-refractivity contribution in [1.82, 2.24) is 5.32 Å². The minimum atomic E-state index is -0.520. The van der Waals surface area contributed by atoms with E-state index < -0.39 is 16.6 Å². The van der Waals surface area contributed by atoms with E-state index >= 15 is 0 Å². The average Bonchev–Trinajstić information content (AvgIpc) is 2.38. The highest BCUT2D eigenvalue weighted by Crippen LogP contribution is 2.30. The summed E-state index contributed by atoms with van der Waals surface area (Å²) in [6.45, 7) is 8.11. The first-order chi connectivity index (χ1) is 10.6. The zero-order valence-corrected chi connectivity index (χ0v) is 15.3. The largest absolute Gasteiger partial charge is 0.444 e. The Morgan fingerprint density at radius 1 is 1.35 bits per heavy atom. The minimum Gasteiger partial charge on any atom is -0.444 e. The Labute approximate surface area is 144 Å². The number of benzene rings is 1. The number of halogens is 1. The maximum Gasteiger partial charge on any atom is 0.407 e. The van der Waals surface area contributed by atoms with Crippen molar-refractivity contribution in [1.29, 1.82) is 0 Å². The molecule has 7 nitrogen and oxygen atoms in total. The first kappa shape index (κ1) is 19.2. The van der Waals surface area contributed by atoms with E-state index in [9.17, 15) is 14.9 Å². The molecule has 2 N–H and O–H groups in total. The van der Waals surface area contributed by atoms with Crippen molar-refractivity contribution < 1.29 is 14.5 Å². The van der Waals surface area contributed by atoms with E-state index in [0.29, 0.717) is 30.8 Å². The molecule has 8 heteroatoms. The molecule has 1 rings (SSSR count). The molecule has 0 fully saturated rings. The second-order valence-electron chi connectivity index (χ2n) is 6.08. The fourth-order valence-electron chi connectivity index (χ4n) is 1.81. The second kappa shape index (κ2) is 8.14. The van der Waals surface area contributed by atoms with Crippen molar-refractivity contribution in [3.8, 4) is 0 Å². The fourth-order valence-corrected chi connectivity index (χ4v) is 2.41. The molecule has 0 aromatic heterocycles. The molecule has 0 heterocycles. The van der Waals surface area contributed by atoms with Crippen molar-refractivity contribution >= 4 is 33.4 Å². The summed E-state index contributed by atoms with van der Waals surface area (Å²) >= 11 is 3.38. The van der Waals surface area contributed by atoms with Gasteiger partial charge in [0, 0.05) is 29.2 Å². The molecule has 0 aliphatic heterocycles. The van der Waals surface area contributed by atoms with Gasteiger partial charge in [-0.3, -0.25) is 10.1 Å². The molecule has 0 saturated carbocycles. The highest BCUT2D eigenvalue weighted by molar-refractivity contribution is 9.10. The number of nitro groups is 1. The van der Waals surface area contributed by atoms with Crippen molar-refractivity contribution in [2.24, 2.45) is 0 Å². The molecule has 0 spiro atoms. The van der Waals surface area contributed by atoms with Crippen LogP contribution in [0.4, 0.5) is 16.2 Å². The van der Waals surface area contributed by atoms with Gasteiger partial charge in [0.25, 0.3) is 5.69 Å². The SMILES string of the molecule is Cc1cc(Br)c(NCCCNC(=O)OC(C)(C)C)cc1[N+](=O)[O-]. The van der Waals surface area contributed by atoms with Crippen LogP contribution in [0.3, 0.4) is 0 Å². The van der Waals surface area contributed by atoms with Crippen LogP contribution in [0.15, 0.2) is 16.6 Å². The third kappa shape index (κ3) is 6.85. The molecule has 0 saturated heterocycles. The average molecular weight is 388 g/mol. The van der Waals surface area contributed by atoms with E-state index in [0.717, 1.165) is 4.47 Å². The Balaban J connectivity index is 2.43. The van der Waals surface area contributed by atoms with Crippen LogP contribution < -0.4 is 10.6 Å². The van der Waals surface area contributed by atoms with Gasteiger partial charge in [0.2, 0.25) is 0 Å². The molecule has 0 unspecified atom stereocenters. The highest BCUT2D eigenvalue weighted by atomic mass is 79.9. The number of alkyl carbamates (subject to hydrolysis) is 1. The van der Waals surface area contributed by atoms with Gasteiger partial charge in [-0.15, -0.1) is 0 Å². The van der Waals surface area contributed by atoms with Crippen LogP contribution in [0.25, 0.3) is 0 Å². The second-order valence-corrected chi connectivity index (χ2v) is 6.94. The molecule has 1 amide bonds.